The molecule has 1 heterocycles. The molecule has 1 aliphatic rings. The molecule has 14 heavy (non-hydrogen) atoms. The minimum Gasteiger partial charge on any atom is -0.361 e. The first-order valence-corrected chi connectivity index (χ1v) is 4.84. The highest BCUT2D eigenvalue weighted by atomic mass is 16.1. The highest BCUT2D eigenvalue weighted by molar-refractivity contribution is 5.81. The second kappa shape index (κ2) is 4.46. The summed E-state index contributed by atoms with van der Waals surface area (Å²) < 4.78 is 0. The fourth-order valence-corrected chi connectivity index (χ4v) is 1.69. The Morgan fingerprint density at radius 3 is 2.64 bits per heavy atom. The van der Waals surface area contributed by atoms with Crippen LogP contribution in [0.5, 0.6) is 0 Å². The summed E-state index contributed by atoms with van der Waals surface area (Å²) in [6.07, 6.45) is 2.86. The van der Waals surface area contributed by atoms with Crippen LogP contribution in [0.4, 0.5) is 0 Å². The van der Waals surface area contributed by atoms with E-state index in [2.05, 4.69) is 21.3 Å². The molecule has 80 valence electrons. The third-order valence-electron chi connectivity index (χ3n) is 2.55. The summed E-state index contributed by atoms with van der Waals surface area (Å²) >= 11 is 0. The van der Waals surface area contributed by atoms with E-state index in [0.29, 0.717) is 0 Å². The van der Waals surface area contributed by atoms with Crippen molar-refractivity contribution in [1.82, 2.24) is 15.1 Å². The fourth-order valence-electron chi connectivity index (χ4n) is 1.69. The zero-order valence-corrected chi connectivity index (χ0v) is 9.37. The molecule has 0 amide bonds. The Kier molecular flexibility index (Phi) is 3.52. The number of rotatable bonds is 4. The minimum absolute atomic E-state index is 0.0600. The van der Waals surface area contributed by atoms with Gasteiger partial charge in [0.05, 0.1) is 12.7 Å². The number of carbonyl (C=O) groups excluding carboxylic acids is 1. The molecule has 0 spiro atoms. The molecule has 0 aromatic carbocycles. The third kappa shape index (κ3) is 2.48. The molecule has 4 heteroatoms. The zero-order chi connectivity index (χ0) is 10.7. The van der Waals surface area contributed by atoms with Crippen molar-refractivity contribution in [2.24, 2.45) is 0 Å². The van der Waals surface area contributed by atoms with E-state index < -0.39 is 0 Å². The molecular formula is C10H19N3O. The molecule has 0 aliphatic carbocycles. The van der Waals surface area contributed by atoms with Gasteiger partial charge in [0.1, 0.15) is 5.78 Å². The molecule has 0 saturated heterocycles. The lowest BCUT2D eigenvalue weighted by Crippen LogP contribution is -2.34. The summed E-state index contributed by atoms with van der Waals surface area (Å²) in [4.78, 5) is 15.5. The van der Waals surface area contributed by atoms with Crippen LogP contribution >= 0.6 is 0 Å². The predicted octanol–water partition coefficient (Wildman–Crippen LogP) is 0.230. The largest absolute Gasteiger partial charge is 0.361 e. The van der Waals surface area contributed by atoms with Crippen LogP contribution in [0.3, 0.4) is 0 Å². The van der Waals surface area contributed by atoms with Crippen molar-refractivity contribution in [2.45, 2.75) is 19.4 Å². The van der Waals surface area contributed by atoms with Crippen LogP contribution in [0.2, 0.25) is 0 Å². The summed E-state index contributed by atoms with van der Waals surface area (Å²) in [5.41, 5.74) is 1.21. The van der Waals surface area contributed by atoms with Crippen LogP contribution in [0.1, 0.15) is 13.3 Å². The normalized spacial score (nSPS) is 18.4. The van der Waals surface area contributed by atoms with E-state index in [1.54, 1.807) is 6.92 Å². The standard InChI is InChI=1S/C10H19N3O/c1-8(14)10(11-2)5-9-6-12(3)7-13(9)4/h6,10-11H,5,7H2,1-4H3/t10-/m0/s1. The zero-order valence-electron chi connectivity index (χ0n) is 9.37. The third-order valence-corrected chi connectivity index (χ3v) is 2.55. The number of carbonyl (C=O) groups is 1. The lowest BCUT2D eigenvalue weighted by molar-refractivity contribution is -0.118. The number of nitrogens with one attached hydrogen (secondary N) is 1. The molecule has 0 saturated carbocycles. The summed E-state index contributed by atoms with van der Waals surface area (Å²) in [6, 6.07) is -0.0600. The molecule has 0 aromatic heterocycles. The van der Waals surface area contributed by atoms with Crippen LogP contribution in [0.15, 0.2) is 11.9 Å². The number of nitrogens with zero attached hydrogens (tertiary/aromatic N) is 2. The molecule has 0 bridgehead atoms. The number of hydrogen-bond acceptors (Lipinski definition) is 4. The van der Waals surface area contributed by atoms with E-state index in [1.165, 1.54) is 5.70 Å². The lowest BCUT2D eigenvalue weighted by Gasteiger charge is -2.19. The van der Waals surface area contributed by atoms with Gasteiger partial charge < -0.3 is 15.1 Å². The topological polar surface area (TPSA) is 35.6 Å². The monoisotopic (exact) mass is 197 g/mol. The van der Waals surface area contributed by atoms with Crippen LogP contribution in [0, 0.1) is 0 Å². The number of ketones is 1. The van der Waals surface area contributed by atoms with Gasteiger partial charge in [-0.05, 0) is 14.0 Å². The number of likely N-dealkylation sites (N-methyl/N-ethyl adjacent to an activating group) is 1. The van der Waals surface area contributed by atoms with Crippen LogP contribution < -0.4 is 5.32 Å². The molecule has 0 radical (unpaired) electrons. The second-order valence-electron chi connectivity index (χ2n) is 3.87. The molecule has 0 aromatic rings. The Balaban J connectivity index is 2.58. The van der Waals surface area contributed by atoms with Gasteiger partial charge in [-0.3, -0.25) is 4.79 Å². The summed E-state index contributed by atoms with van der Waals surface area (Å²) in [7, 11) is 5.90. The van der Waals surface area contributed by atoms with Crippen molar-refractivity contribution >= 4 is 5.78 Å². The van der Waals surface area contributed by atoms with Crippen molar-refractivity contribution in [2.75, 3.05) is 27.8 Å². The quantitative estimate of drug-likeness (QED) is 0.700. The number of hydrogen-bond donors (Lipinski definition) is 1. The summed E-state index contributed by atoms with van der Waals surface area (Å²) in [6.45, 7) is 2.53. The van der Waals surface area contributed by atoms with Crippen LogP contribution in [0.25, 0.3) is 0 Å². The Bertz CT molecular complexity index is 250. The molecular weight excluding hydrogens is 178 g/mol. The van der Waals surface area contributed by atoms with Crippen molar-refractivity contribution in [3.8, 4) is 0 Å². The summed E-state index contributed by atoms with van der Waals surface area (Å²) in [5, 5.41) is 3.03. The summed E-state index contributed by atoms with van der Waals surface area (Å²) in [5.74, 6) is 0.191. The molecule has 0 fully saturated rings. The molecule has 1 aliphatic heterocycles. The van der Waals surface area contributed by atoms with Gasteiger partial charge >= 0.3 is 0 Å². The maximum atomic E-state index is 11.2. The Morgan fingerprint density at radius 2 is 2.29 bits per heavy atom. The van der Waals surface area contributed by atoms with Gasteiger partial charge in [-0.2, -0.15) is 0 Å². The fraction of sp³-hybridized carbons (Fsp3) is 0.700. The second-order valence-corrected chi connectivity index (χ2v) is 3.87. The van der Waals surface area contributed by atoms with Crippen LogP contribution in [-0.4, -0.2) is 49.4 Å². The lowest BCUT2D eigenvalue weighted by atomic mass is 10.1. The van der Waals surface area contributed by atoms with Gasteiger partial charge in [0.15, 0.2) is 0 Å². The van der Waals surface area contributed by atoms with Gasteiger partial charge in [-0.15, -0.1) is 0 Å². The van der Waals surface area contributed by atoms with Crippen molar-refractivity contribution in [1.29, 1.82) is 0 Å². The molecule has 4 nitrogen and oxygen atoms in total. The number of Topliss-reactive ketones (excluding diaryl/α,β-unsaturated/α-hetero) is 1. The molecule has 1 atom stereocenters. The van der Waals surface area contributed by atoms with Crippen molar-refractivity contribution in [3.05, 3.63) is 11.9 Å². The average molecular weight is 197 g/mol. The molecule has 0 unspecified atom stereocenters. The van der Waals surface area contributed by atoms with E-state index in [9.17, 15) is 4.79 Å². The van der Waals surface area contributed by atoms with Gasteiger partial charge in [-0.1, -0.05) is 0 Å². The van der Waals surface area contributed by atoms with Crippen molar-refractivity contribution < 1.29 is 4.79 Å². The SMILES string of the molecule is CN[C@@H](CC1=CN(C)CN1C)C(C)=O. The van der Waals surface area contributed by atoms with E-state index in [1.807, 2.05) is 21.1 Å². The van der Waals surface area contributed by atoms with E-state index in [4.69, 9.17) is 0 Å². The Morgan fingerprint density at radius 1 is 1.64 bits per heavy atom. The maximum absolute atomic E-state index is 11.2. The maximum Gasteiger partial charge on any atom is 0.147 e. The van der Waals surface area contributed by atoms with Crippen molar-refractivity contribution in [3.63, 3.8) is 0 Å². The highest BCUT2D eigenvalue weighted by Crippen LogP contribution is 2.17. The first kappa shape index (κ1) is 11.0. The van der Waals surface area contributed by atoms with Gasteiger partial charge in [0, 0.05) is 32.4 Å². The smallest absolute Gasteiger partial charge is 0.147 e. The predicted molar refractivity (Wildman–Crippen MR) is 56.6 cm³/mol. The van der Waals surface area contributed by atoms with Gasteiger partial charge in [-0.25, -0.2) is 0 Å². The Hall–Kier alpha value is -1.03. The van der Waals surface area contributed by atoms with Crippen LogP contribution in [-0.2, 0) is 4.79 Å². The average Bonchev–Trinajstić information content (AvgIpc) is 2.40. The highest BCUT2D eigenvalue weighted by Gasteiger charge is 2.20. The minimum atomic E-state index is -0.0600. The Labute approximate surface area is 85.6 Å². The van der Waals surface area contributed by atoms with E-state index >= 15 is 0 Å². The van der Waals surface area contributed by atoms with Gasteiger partial charge in [0.25, 0.3) is 0 Å². The van der Waals surface area contributed by atoms with E-state index in [-0.39, 0.29) is 11.8 Å². The first-order chi connectivity index (χ1) is 6.54. The molecule has 1 rings (SSSR count). The first-order valence-electron chi connectivity index (χ1n) is 4.84. The van der Waals surface area contributed by atoms with E-state index in [0.717, 1.165) is 13.1 Å². The molecule has 1 N–H and O–H groups in total. The van der Waals surface area contributed by atoms with Gasteiger partial charge in [0.2, 0.25) is 0 Å².